The zero-order chi connectivity index (χ0) is 51.4. The van der Waals surface area contributed by atoms with E-state index >= 15 is 0 Å². The highest BCUT2D eigenvalue weighted by Crippen LogP contribution is 2.12. The fourth-order valence-electron chi connectivity index (χ4n) is 6.63. The molecule has 0 aliphatic carbocycles. The lowest BCUT2D eigenvalue weighted by molar-refractivity contribution is -0.167. The molecule has 0 heterocycles. The Morgan fingerprint density at radius 1 is 0.296 bits per heavy atom. The van der Waals surface area contributed by atoms with E-state index in [2.05, 4.69) is 106 Å². The van der Waals surface area contributed by atoms with Crippen LogP contribution in [0.3, 0.4) is 0 Å². The van der Waals surface area contributed by atoms with E-state index in [-0.39, 0.29) is 44.0 Å². The van der Waals surface area contributed by atoms with E-state index in [0.717, 1.165) is 116 Å². The quantitative estimate of drug-likeness (QED) is 0.0262. The lowest BCUT2D eigenvalue weighted by atomic mass is 10.1. The summed E-state index contributed by atoms with van der Waals surface area (Å²) in [6.07, 6.45) is 85.7. The Labute approximate surface area is 434 Å². The molecule has 1 unspecified atom stereocenters. The summed E-state index contributed by atoms with van der Waals surface area (Å²) < 4.78 is 16.8. The van der Waals surface area contributed by atoms with Crippen molar-refractivity contribution in [1.29, 1.82) is 0 Å². The number of rotatable bonds is 46. The first-order chi connectivity index (χ1) is 35.0. The highest BCUT2D eigenvalue weighted by molar-refractivity contribution is 5.71. The van der Waals surface area contributed by atoms with E-state index in [0.29, 0.717) is 12.8 Å². The summed E-state index contributed by atoms with van der Waals surface area (Å²) in [5, 5.41) is 0. The number of carbonyl (C=O) groups is 3. The van der Waals surface area contributed by atoms with Gasteiger partial charge in [0, 0.05) is 19.3 Å². The second kappa shape index (κ2) is 57.1. The first-order valence-corrected chi connectivity index (χ1v) is 27.5. The van der Waals surface area contributed by atoms with Crippen LogP contribution in [-0.4, -0.2) is 37.2 Å². The fourth-order valence-corrected chi connectivity index (χ4v) is 6.63. The number of hydrogen-bond acceptors (Lipinski definition) is 6. The van der Waals surface area contributed by atoms with E-state index in [9.17, 15) is 14.4 Å². The van der Waals surface area contributed by atoms with Crippen molar-refractivity contribution in [2.24, 2.45) is 0 Å². The number of allylic oxidation sites excluding steroid dienone is 30. The standard InChI is InChI=1S/C65H96O6/c1-4-7-10-13-16-19-22-25-28-31-34-37-40-43-46-49-52-55-58-64(67)70-61-62(60-69-63(66)57-54-51-48-45-42-39-36-33-30-27-24-21-18-15-12-9-6-3)71-65(68)59-56-53-50-47-44-41-38-35-32-29-26-23-20-17-14-11-8-5-2/h9-10,12-13,15-39,42,62H,4-8,11,14,40-41,43-61H2,1-3H3/b12-9-,13-10-,18-15-,19-16-,20-17-,24-21-,25-22-,26-23-,30-27-,31-28-,32-29-,36-33+,37-34-,38-35-,42-39-. The number of ether oxygens (including phenoxy) is 3. The average molecular weight is 973 g/mol. The SMILES string of the molecule is CC\C=C/C=C\C=C/C=C\C=C\C=C/CCCCCC(=O)OCC(COC(=O)CCCCCCC\C=C/C=C\C=C/C=C\C=C/CCC)OC(=O)CCCCCCC\C=C/C=C\C=C/C=C\CCCCC. The van der Waals surface area contributed by atoms with Crippen LogP contribution in [0.15, 0.2) is 182 Å². The van der Waals surface area contributed by atoms with Crippen LogP contribution in [0.4, 0.5) is 0 Å². The Bertz CT molecular complexity index is 1730. The van der Waals surface area contributed by atoms with Crippen LogP contribution in [0.5, 0.6) is 0 Å². The van der Waals surface area contributed by atoms with Crippen molar-refractivity contribution in [2.45, 2.75) is 194 Å². The van der Waals surface area contributed by atoms with E-state index in [4.69, 9.17) is 14.2 Å². The van der Waals surface area contributed by atoms with Crippen molar-refractivity contribution in [3.63, 3.8) is 0 Å². The summed E-state index contributed by atoms with van der Waals surface area (Å²) in [6, 6.07) is 0. The average Bonchev–Trinajstić information content (AvgIpc) is 3.37. The number of unbranched alkanes of at least 4 members (excludes halogenated alkanes) is 17. The molecule has 392 valence electrons. The third kappa shape index (κ3) is 55.3. The number of esters is 3. The maximum atomic E-state index is 12.9. The van der Waals surface area contributed by atoms with E-state index in [1.807, 2.05) is 97.2 Å². The molecule has 0 saturated carbocycles. The van der Waals surface area contributed by atoms with Gasteiger partial charge in [0.15, 0.2) is 6.10 Å². The highest BCUT2D eigenvalue weighted by atomic mass is 16.6. The Balaban J connectivity index is 4.65. The Hall–Kier alpha value is -5.49. The number of hydrogen-bond donors (Lipinski definition) is 0. The van der Waals surface area contributed by atoms with Crippen molar-refractivity contribution in [3.8, 4) is 0 Å². The van der Waals surface area contributed by atoms with Gasteiger partial charge in [-0.25, -0.2) is 0 Å². The molecule has 0 saturated heterocycles. The zero-order valence-electron chi connectivity index (χ0n) is 44.6. The van der Waals surface area contributed by atoms with E-state index in [1.54, 1.807) is 0 Å². The van der Waals surface area contributed by atoms with Crippen molar-refractivity contribution in [1.82, 2.24) is 0 Å². The van der Waals surface area contributed by atoms with E-state index in [1.165, 1.54) is 25.7 Å². The predicted molar refractivity (Wildman–Crippen MR) is 306 cm³/mol. The predicted octanol–water partition coefficient (Wildman–Crippen LogP) is 18.5. The summed E-state index contributed by atoms with van der Waals surface area (Å²) >= 11 is 0. The maximum absolute atomic E-state index is 12.9. The third-order valence-electron chi connectivity index (χ3n) is 10.7. The second-order valence-electron chi connectivity index (χ2n) is 17.4. The van der Waals surface area contributed by atoms with Gasteiger partial charge in [0.05, 0.1) is 0 Å². The largest absolute Gasteiger partial charge is 0.462 e. The monoisotopic (exact) mass is 973 g/mol. The second-order valence-corrected chi connectivity index (χ2v) is 17.4. The van der Waals surface area contributed by atoms with Crippen LogP contribution in [-0.2, 0) is 28.6 Å². The van der Waals surface area contributed by atoms with Crippen LogP contribution in [0.25, 0.3) is 0 Å². The molecule has 0 aliphatic rings. The van der Waals surface area contributed by atoms with E-state index < -0.39 is 6.10 Å². The van der Waals surface area contributed by atoms with Crippen LogP contribution < -0.4 is 0 Å². The molecule has 6 nitrogen and oxygen atoms in total. The molecule has 0 aromatic heterocycles. The number of carbonyl (C=O) groups excluding carboxylic acids is 3. The van der Waals surface area contributed by atoms with Gasteiger partial charge in [0.1, 0.15) is 13.2 Å². The van der Waals surface area contributed by atoms with Gasteiger partial charge in [-0.2, -0.15) is 0 Å². The molecule has 0 radical (unpaired) electrons. The molecule has 71 heavy (non-hydrogen) atoms. The van der Waals surface area contributed by atoms with Gasteiger partial charge in [0.2, 0.25) is 0 Å². The molecular weight excluding hydrogens is 877 g/mol. The van der Waals surface area contributed by atoms with Gasteiger partial charge in [0.25, 0.3) is 0 Å². The highest BCUT2D eigenvalue weighted by Gasteiger charge is 2.19. The maximum Gasteiger partial charge on any atom is 0.306 e. The molecule has 0 fully saturated rings. The molecule has 0 bridgehead atoms. The van der Waals surface area contributed by atoms with Gasteiger partial charge < -0.3 is 14.2 Å². The molecule has 6 heteroatoms. The van der Waals surface area contributed by atoms with Crippen molar-refractivity contribution >= 4 is 17.9 Å². The van der Waals surface area contributed by atoms with Crippen LogP contribution in [0, 0.1) is 0 Å². The molecule has 0 rings (SSSR count). The van der Waals surface area contributed by atoms with Crippen molar-refractivity contribution < 1.29 is 28.6 Å². The fraction of sp³-hybridized carbons (Fsp3) is 0.492. The zero-order valence-corrected chi connectivity index (χ0v) is 44.6. The summed E-state index contributed by atoms with van der Waals surface area (Å²) in [6.45, 7) is 6.26. The summed E-state index contributed by atoms with van der Waals surface area (Å²) in [4.78, 5) is 38.1. The lowest BCUT2D eigenvalue weighted by Gasteiger charge is -2.18. The molecule has 0 N–H and O–H groups in total. The lowest BCUT2D eigenvalue weighted by Crippen LogP contribution is -2.30. The van der Waals surface area contributed by atoms with Gasteiger partial charge in [-0.15, -0.1) is 0 Å². The van der Waals surface area contributed by atoms with Crippen LogP contribution in [0.1, 0.15) is 188 Å². The summed E-state index contributed by atoms with van der Waals surface area (Å²) in [5.74, 6) is -1.03. The molecule has 0 aromatic carbocycles. The Morgan fingerprint density at radius 2 is 0.577 bits per heavy atom. The van der Waals surface area contributed by atoms with Gasteiger partial charge in [-0.1, -0.05) is 267 Å². The van der Waals surface area contributed by atoms with Crippen LogP contribution >= 0.6 is 0 Å². The smallest absolute Gasteiger partial charge is 0.306 e. The van der Waals surface area contributed by atoms with Crippen molar-refractivity contribution in [2.75, 3.05) is 13.2 Å². The van der Waals surface area contributed by atoms with Gasteiger partial charge in [-0.05, 0) is 83.5 Å². The first kappa shape index (κ1) is 65.5. The molecule has 1 atom stereocenters. The van der Waals surface area contributed by atoms with Crippen LogP contribution in [0.2, 0.25) is 0 Å². The summed E-state index contributed by atoms with van der Waals surface area (Å²) in [5.41, 5.74) is 0. The first-order valence-electron chi connectivity index (χ1n) is 27.5. The molecule has 0 amide bonds. The molecule has 0 aliphatic heterocycles. The minimum atomic E-state index is -0.832. The third-order valence-corrected chi connectivity index (χ3v) is 10.7. The minimum Gasteiger partial charge on any atom is -0.462 e. The molecular formula is C65H96O6. The molecule has 0 spiro atoms. The topological polar surface area (TPSA) is 78.9 Å². The minimum absolute atomic E-state index is 0.127. The Kier molecular flexibility index (Phi) is 52.7. The van der Waals surface area contributed by atoms with Crippen molar-refractivity contribution in [3.05, 3.63) is 182 Å². The van der Waals surface area contributed by atoms with Gasteiger partial charge >= 0.3 is 17.9 Å². The molecule has 0 aromatic rings. The summed E-state index contributed by atoms with van der Waals surface area (Å²) in [7, 11) is 0. The van der Waals surface area contributed by atoms with Gasteiger partial charge in [-0.3, -0.25) is 14.4 Å². The normalized spacial score (nSPS) is 13.6. The Morgan fingerprint density at radius 3 is 0.930 bits per heavy atom.